The van der Waals surface area contributed by atoms with Crippen LogP contribution in [0.15, 0.2) is 97.2 Å². The lowest BCUT2D eigenvalue weighted by atomic mass is 9.97. The van der Waals surface area contributed by atoms with Crippen molar-refractivity contribution in [2.75, 3.05) is 19.8 Å². The van der Waals surface area contributed by atoms with Gasteiger partial charge < -0.3 is 65.1 Å². The second-order valence-corrected chi connectivity index (χ2v) is 25.7. The van der Waals surface area contributed by atoms with Gasteiger partial charge in [-0.25, -0.2) is 0 Å². The summed E-state index contributed by atoms with van der Waals surface area (Å²) in [4.78, 5) is 13.3. The predicted octanol–water partition coefficient (Wildman–Crippen LogP) is 15.7. The maximum Gasteiger partial charge on any atom is 0.220 e. The fourth-order valence-corrected chi connectivity index (χ4v) is 11.6. The first-order valence-electron chi connectivity index (χ1n) is 37.0. The van der Waals surface area contributed by atoms with Crippen molar-refractivity contribution in [1.29, 1.82) is 0 Å². The van der Waals surface area contributed by atoms with E-state index in [2.05, 4.69) is 104 Å². The highest BCUT2D eigenvalue weighted by molar-refractivity contribution is 5.76. The van der Waals surface area contributed by atoms with Crippen LogP contribution in [0.3, 0.4) is 0 Å². The summed E-state index contributed by atoms with van der Waals surface area (Å²) in [7, 11) is 0. The van der Waals surface area contributed by atoms with Gasteiger partial charge in [0, 0.05) is 6.42 Å². The van der Waals surface area contributed by atoms with Gasteiger partial charge in [0.2, 0.25) is 5.91 Å². The summed E-state index contributed by atoms with van der Waals surface area (Å²) in [5, 5.41) is 87.5. The fraction of sp³-hybridized carbons (Fsp3) is 0.779. The van der Waals surface area contributed by atoms with E-state index in [4.69, 9.17) is 18.9 Å². The highest BCUT2D eigenvalue weighted by Crippen LogP contribution is 2.30. The molecule has 2 aliphatic rings. The third-order valence-electron chi connectivity index (χ3n) is 17.5. The van der Waals surface area contributed by atoms with E-state index in [-0.39, 0.29) is 18.9 Å². The Balaban J connectivity index is 1.69. The molecule has 0 aromatic carbocycles. The van der Waals surface area contributed by atoms with Crippen LogP contribution in [0.2, 0.25) is 0 Å². The Hall–Kier alpha value is -3.09. The Kier molecular flexibility index (Phi) is 55.9. The van der Waals surface area contributed by atoms with Crippen LogP contribution in [0, 0.1) is 0 Å². The van der Waals surface area contributed by atoms with Crippen LogP contribution >= 0.6 is 0 Å². The molecule has 9 N–H and O–H groups in total. The number of carbonyl (C=O) groups is 1. The molecule has 0 aromatic heterocycles. The fourth-order valence-electron chi connectivity index (χ4n) is 11.6. The number of allylic oxidation sites excluding steroid dienone is 15. The van der Waals surface area contributed by atoms with Gasteiger partial charge in [0.15, 0.2) is 12.6 Å². The van der Waals surface area contributed by atoms with Crippen LogP contribution in [0.5, 0.6) is 0 Å². The van der Waals surface area contributed by atoms with E-state index in [0.717, 1.165) is 83.5 Å². The molecule has 2 saturated heterocycles. The van der Waals surface area contributed by atoms with Crippen LogP contribution in [0.25, 0.3) is 0 Å². The van der Waals surface area contributed by atoms with Gasteiger partial charge in [0.25, 0.3) is 0 Å². The van der Waals surface area contributed by atoms with Gasteiger partial charge in [-0.1, -0.05) is 291 Å². The lowest BCUT2D eigenvalue weighted by Gasteiger charge is -2.46. The number of rotatable bonds is 60. The highest BCUT2D eigenvalue weighted by atomic mass is 16.7. The monoisotopic (exact) mass is 1280 g/mol. The molecule has 1 amide bonds. The summed E-state index contributed by atoms with van der Waals surface area (Å²) < 4.78 is 22.8. The van der Waals surface area contributed by atoms with Crippen LogP contribution in [-0.2, 0) is 23.7 Å². The molecule has 2 fully saturated rings. The van der Waals surface area contributed by atoms with Gasteiger partial charge in [0.05, 0.1) is 32.0 Å². The Labute approximate surface area is 553 Å². The lowest BCUT2D eigenvalue weighted by Crippen LogP contribution is -2.65. The first kappa shape index (κ1) is 84.0. The zero-order chi connectivity index (χ0) is 65.9. The van der Waals surface area contributed by atoms with E-state index in [1.54, 1.807) is 6.08 Å². The van der Waals surface area contributed by atoms with Gasteiger partial charge in [-0.05, 0) is 89.9 Å². The summed E-state index contributed by atoms with van der Waals surface area (Å²) in [6.45, 7) is 2.68. The molecule has 0 spiro atoms. The van der Waals surface area contributed by atoms with Crippen molar-refractivity contribution in [3.05, 3.63) is 97.2 Å². The molecule has 0 aromatic rings. The molecular weight excluding hydrogens is 1150 g/mol. The molecular formula is C77H135NO13. The summed E-state index contributed by atoms with van der Waals surface area (Å²) in [5.74, 6) is -0.261. The van der Waals surface area contributed by atoms with E-state index in [9.17, 15) is 45.6 Å². The highest BCUT2D eigenvalue weighted by Gasteiger charge is 2.51. The molecule has 14 heteroatoms. The normalized spacial score (nSPS) is 23.4. The molecule has 2 rings (SSSR count). The maximum atomic E-state index is 13.3. The van der Waals surface area contributed by atoms with Crippen LogP contribution in [0.4, 0.5) is 0 Å². The number of hydrogen-bond donors (Lipinski definition) is 9. The third-order valence-corrected chi connectivity index (χ3v) is 17.5. The van der Waals surface area contributed by atoms with Crippen molar-refractivity contribution < 1.29 is 64.6 Å². The van der Waals surface area contributed by atoms with E-state index in [1.165, 1.54) is 173 Å². The summed E-state index contributed by atoms with van der Waals surface area (Å²) in [6, 6.07) is -0.950. The molecule has 526 valence electrons. The molecule has 91 heavy (non-hydrogen) atoms. The summed E-state index contributed by atoms with van der Waals surface area (Å²) in [6.07, 6.45) is 69.0. The SMILES string of the molecule is CC/C=C\C/C=C\C/C=C\C/C=C\C/C=C\CCCCCCCCCCCC(=O)NC(COC1OC(CO)C(OC2OC(CO)C(O)C(O)C2O)C(O)C1O)C(O)/C=C/CC/C=C/CC/C=C/CCCCCCCCCCCCCCCCCCCCCCCC. The zero-order valence-electron chi connectivity index (χ0n) is 57.3. The number of aliphatic hydroxyl groups is 8. The smallest absolute Gasteiger partial charge is 0.220 e. The second-order valence-electron chi connectivity index (χ2n) is 25.7. The quantitative estimate of drug-likeness (QED) is 0.0204. The second kappa shape index (κ2) is 60.6. The van der Waals surface area contributed by atoms with Crippen molar-refractivity contribution >= 4 is 5.91 Å². The van der Waals surface area contributed by atoms with E-state index < -0.39 is 86.8 Å². The Bertz CT molecular complexity index is 1900. The van der Waals surface area contributed by atoms with Crippen molar-refractivity contribution in [2.45, 2.75) is 364 Å². The Morgan fingerprint density at radius 1 is 0.407 bits per heavy atom. The topological polar surface area (TPSA) is 228 Å². The molecule has 0 radical (unpaired) electrons. The maximum absolute atomic E-state index is 13.3. The van der Waals surface area contributed by atoms with Crippen LogP contribution < -0.4 is 5.32 Å². The summed E-state index contributed by atoms with van der Waals surface area (Å²) in [5.41, 5.74) is 0. The number of nitrogens with one attached hydrogen (secondary N) is 1. The van der Waals surface area contributed by atoms with Gasteiger partial charge in [-0.2, -0.15) is 0 Å². The molecule has 12 unspecified atom stereocenters. The molecule has 0 bridgehead atoms. The zero-order valence-corrected chi connectivity index (χ0v) is 57.3. The average molecular weight is 1280 g/mol. The standard InChI is InChI=1S/C77H135NO13/c1-3-5-7-9-11-13-15-17-19-21-23-25-27-29-30-31-32-33-34-35-37-38-40-42-44-46-48-50-52-54-56-58-60-66(81)65(64-88-76-74(87)72(85)75(68(63-80)90-76)91-77-73(86)71(84)70(83)67(62-79)89-77)78-69(82)61-59-57-55-53-51-49-47-45-43-41-39-36-28-26-24-22-20-18-16-14-12-10-8-6-4-2/h6,8,12,14,18,20,24,26,36,39,42,44,50,52,58,60,65-68,70-77,79-81,83-87H,3-5,7,9-11,13,15-17,19,21-23,25,27-35,37-38,40-41,43,45-49,51,53-57,59,61-64H2,1-2H3,(H,78,82)/b8-6-,14-12-,20-18-,26-24-,39-36-,44-42+,52-50+,60-58+. The van der Waals surface area contributed by atoms with Gasteiger partial charge in [-0.15, -0.1) is 0 Å². The number of hydrogen-bond acceptors (Lipinski definition) is 13. The molecule has 0 aliphatic carbocycles. The minimum Gasteiger partial charge on any atom is -0.394 e. The predicted molar refractivity (Wildman–Crippen MR) is 373 cm³/mol. The average Bonchev–Trinajstić information content (AvgIpc) is 1.15. The Morgan fingerprint density at radius 2 is 0.769 bits per heavy atom. The van der Waals surface area contributed by atoms with Crippen molar-refractivity contribution in [2.24, 2.45) is 0 Å². The Morgan fingerprint density at radius 3 is 1.21 bits per heavy atom. The first-order chi connectivity index (χ1) is 44.6. The number of aliphatic hydroxyl groups excluding tert-OH is 8. The molecule has 2 aliphatic heterocycles. The van der Waals surface area contributed by atoms with Gasteiger partial charge in [-0.3, -0.25) is 4.79 Å². The minimum absolute atomic E-state index is 0.257. The van der Waals surface area contributed by atoms with Crippen LogP contribution in [0.1, 0.15) is 290 Å². The molecule has 2 heterocycles. The van der Waals surface area contributed by atoms with Crippen LogP contribution in [-0.4, -0.2) is 140 Å². The summed E-state index contributed by atoms with van der Waals surface area (Å²) >= 11 is 0. The number of ether oxygens (including phenoxy) is 4. The van der Waals surface area contributed by atoms with E-state index in [0.29, 0.717) is 12.8 Å². The van der Waals surface area contributed by atoms with Crippen molar-refractivity contribution in [1.82, 2.24) is 5.32 Å². The van der Waals surface area contributed by atoms with E-state index >= 15 is 0 Å². The first-order valence-corrected chi connectivity index (χ1v) is 37.0. The van der Waals surface area contributed by atoms with Crippen molar-refractivity contribution in [3.8, 4) is 0 Å². The lowest BCUT2D eigenvalue weighted by molar-refractivity contribution is -0.359. The molecule has 0 saturated carbocycles. The van der Waals surface area contributed by atoms with Gasteiger partial charge >= 0.3 is 0 Å². The van der Waals surface area contributed by atoms with Gasteiger partial charge in [0.1, 0.15) is 48.8 Å². The minimum atomic E-state index is -1.80. The largest absolute Gasteiger partial charge is 0.394 e. The molecule has 12 atom stereocenters. The number of amides is 1. The van der Waals surface area contributed by atoms with Crippen molar-refractivity contribution in [3.63, 3.8) is 0 Å². The number of unbranched alkanes of at least 4 members (excludes halogenated alkanes) is 33. The third kappa shape index (κ3) is 44.3. The molecule has 14 nitrogen and oxygen atoms in total. The van der Waals surface area contributed by atoms with E-state index in [1.807, 2.05) is 6.08 Å². The number of carbonyl (C=O) groups excluding carboxylic acids is 1.